The summed E-state index contributed by atoms with van der Waals surface area (Å²) >= 11 is 0. The summed E-state index contributed by atoms with van der Waals surface area (Å²) in [7, 11) is 0. The second-order valence-electron chi connectivity index (χ2n) is 6.33. The smallest absolute Gasteiger partial charge is 0.0414 e. The van der Waals surface area contributed by atoms with Crippen molar-refractivity contribution in [2.75, 3.05) is 0 Å². The molecule has 0 heterocycles. The zero-order chi connectivity index (χ0) is 14.2. The first-order valence-electron chi connectivity index (χ1n) is 9.14. The van der Waals surface area contributed by atoms with E-state index in [1.54, 1.807) is 0 Å². The summed E-state index contributed by atoms with van der Waals surface area (Å²) in [4.78, 5) is 0. The van der Waals surface area contributed by atoms with Gasteiger partial charge in [-0.05, 0) is 5.92 Å². The average Bonchev–Trinajstić information content (AvgIpc) is 2.42. The lowest BCUT2D eigenvalue weighted by molar-refractivity contribution is 0.473. The van der Waals surface area contributed by atoms with Crippen LogP contribution in [0.1, 0.15) is 110 Å². The molecule has 0 aliphatic carbocycles. The highest BCUT2D eigenvalue weighted by Crippen LogP contribution is 2.17. The van der Waals surface area contributed by atoms with Crippen molar-refractivity contribution < 1.29 is 0 Å². The van der Waals surface area contributed by atoms with Crippen LogP contribution in [0.3, 0.4) is 0 Å². The Labute approximate surface area is 123 Å². The van der Waals surface area contributed by atoms with Crippen molar-refractivity contribution in [1.29, 1.82) is 0 Å². The molecule has 0 heteroatoms. The summed E-state index contributed by atoms with van der Waals surface area (Å²) in [5.74, 6) is 0.721. The molecule has 115 valence electrons. The van der Waals surface area contributed by atoms with Crippen LogP contribution in [-0.2, 0) is 0 Å². The third-order valence-corrected chi connectivity index (χ3v) is 4.18. The zero-order valence-corrected chi connectivity index (χ0v) is 13.9. The Balaban J connectivity index is 3.02. The Bertz CT molecular complexity index is 150. The number of hydrogen-bond acceptors (Lipinski definition) is 0. The minimum atomic E-state index is 0.721. The summed E-state index contributed by atoms with van der Waals surface area (Å²) in [5.41, 5.74) is 0. The van der Waals surface area contributed by atoms with Gasteiger partial charge in [-0.1, -0.05) is 117 Å². The average molecular weight is 268 g/mol. The van der Waals surface area contributed by atoms with Crippen molar-refractivity contribution in [1.82, 2.24) is 0 Å². The largest absolute Gasteiger partial charge is 0.0654 e. The van der Waals surface area contributed by atoms with E-state index in [0.717, 1.165) is 5.92 Å². The van der Waals surface area contributed by atoms with Gasteiger partial charge in [0, 0.05) is 0 Å². The molecule has 0 rings (SSSR count). The lowest BCUT2D eigenvalue weighted by atomic mass is 9.97. The highest BCUT2D eigenvalue weighted by Gasteiger charge is 2.01. The molecule has 0 bridgehead atoms. The molecule has 1 radical (unpaired) electrons. The molecule has 1 unspecified atom stereocenters. The van der Waals surface area contributed by atoms with Gasteiger partial charge in [-0.2, -0.15) is 0 Å². The lowest BCUT2D eigenvalue weighted by Crippen LogP contribution is -1.94. The minimum absolute atomic E-state index is 0.721. The van der Waals surface area contributed by atoms with Gasteiger partial charge in [-0.3, -0.25) is 0 Å². The molecule has 0 aromatic heterocycles. The van der Waals surface area contributed by atoms with Crippen LogP contribution < -0.4 is 0 Å². The summed E-state index contributed by atoms with van der Waals surface area (Å²) in [5, 5.41) is 0. The molecule has 0 spiro atoms. The topological polar surface area (TPSA) is 0 Å². The van der Waals surface area contributed by atoms with E-state index in [2.05, 4.69) is 20.8 Å². The van der Waals surface area contributed by atoms with E-state index in [9.17, 15) is 0 Å². The molecule has 19 heavy (non-hydrogen) atoms. The summed E-state index contributed by atoms with van der Waals surface area (Å²) in [6.45, 7) is 8.82. The van der Waals surface area contributed by atoms with Crippen LogP contribution in [0.5, 0.6) is 0 Å². The third kappa shape index (κ3) is 15.9. The molecule has 0 fully saturated rings. The first-order valence-corrected chi connectivity index (χ1v) is 9.14. The first-order chi connectivity index (χ1) is 9.31. The van der Waals surface area contributed by atoms with Crippen LogP contribution in [0.4, 0.5) is 0 Å². The van der Waals surface area contributed by atoms with E-state index in [0.29, 0.717) is 0 Å². The maximum atomic E-state index is 4.26. The SMILES string of the molecule is [CH2]C(CCCC)CCCCCCCCCCCCC. The molecule has 0 aliphatic heterocycles. The minimum Gasteiger partial charge on any atom is -0.0654 e. The van der Waals surface area contributed by atoms with Gasteiger partial charge < -0.3 is 0 Å². The second-order valence-corrected chi connectivity index (χ2v) is 6.33. The maximum absolute atomic E-state index is 4.26. The Morgan fingerprint density at radius 3 is 1.37 bits per heavy atom. The van der Waals surface area contributed by atoms with Gasteiger partial charge in [0.25, 0.3) is 0 Å². The van der Waals surface area contributed by atoms with Crippen LogP contribution in [0.15, 0.2) is 0 Å². The Morgan fingerprint density at radius 2 is 0.895 bits per heavy atom. The molecular formula is C19H39. The van der Waals surface area contributed by atoms with Crippen LogP contribution in [0.25, 0.3) is 0 Å². The van der Waals surface area contributed by atoms with Crippen molar-refractivity contribution in [3.05, 3.63) is 6.92 Å². The summed E-state index contributed by atoms with van der Waals surface area (Å²) in [6, 6.07) is 0. The number of hydrogen-bond donors (Lipinski definition) is 0. The fourth-order valence-corrected chi connectivity index (χ4v) is 2.73. The molecule has 0 aromatic carbocycles. The zero-order valence-electron chi connectivity index (χ0n) is 13.9. The Morgan fingerprint density at radius 1 is 0.526 bits per heavy atom. The van der Waals surface area contributed by atoms with E-state index in [-0.39, 0.29) is 0 Å². The predicted molar refractivity (Wildman–Crippen MR) is 89.5 cm³/mol. The van der Waals surface area contributed by atoms with E-state index in [4.69, 9.17) is 0 Å². The molecule has 0 aromatic rings. The Kier molecular flexibility index (Phi) is 16.1. The van der Waals surface area contributed by atoms with Crippen molar-refractivity contribution in [3.8, 4) is 0 Å². The second kappa shape index (κ2) is 16.1. The normalized spacial score (nSPS) is 12.8. The fraction of sp³-hybridized carbons (Fsp3) is 0.947. The lowest BCUT2D eigenvalue weighted by Gasteiger charge is -2.09. The standard InChI is InChI=1S/C19H39/c1-4-6-8-9-10-11-12-13-14-15-16-18-19(3)17-7-5-2/h19H,3-18H2,1-2H3. The van der Waals surface area contributed by atoms with Crippen LogP contribution in [0, 0.1) is 12.8 Å². The van der Waals surface area contributed by atoms with E-state index >= 15 is 0 Å². The van der Waals surface area contributed by atoms with Crippen molar-refractivity contribution in [3.63, 3.8) is 0 Å². The van der Waals surface area contributed by atoms with E-state index in [1.165, 1.54) is 96.3 Å². The third-order valence-electron chi connectivity index (χ3n) is 4.18. The maximum Gasteiger partial charge on any atom is -0.0414 e. The van der Waals surface area contributed by atoms with Crippen LogP contribution in [-0.4, -0.2) is 0 Å². The van der Waals surface area contributed by atoms with Gasteiger partial charge in [0.1, 0.15) is 0 Å². The van der Waals surface area contributed by atoms with Crippen molar-refractivity contribution in [2.45, 2.75) is 110 Å². The van der Waals surface area contributed by atoms with Gasteiger partial charge in [0.05, 0.1) is 0 Å². The van der Waals surface area contributed by atoms with Gasteiger partial charge in [-0.25, -0.2) is 0 Å². The number of rotatable bonds is 15. The molecule has 1 atom stereocenters. The Hall–Kier alpha value is 0. The highest BCUT2D eigenvalue weighted by atomic mass is 14.1. The quantitative estimate of drug-likeness (QED) is 0.272. The first kappa shape index (κ1) is 19.0. The molecule has 0 saturated carbocycles. The molecule has 0 N–H and O–H groups in total. The fourth-order valence-electron chi connectivity index (χ4n) is 2.73. The van der Waals surface area contributed by atoms with E-state index < -0.39 is 0 Å². The van der Waals surface area contributed by atoms with E-state index in [1.807, 2.05) is 0 Å². The summed E-state index contributed by atoms with van der Waals surface area (Å²) in [6.07, 6.45) is 21.3. The van der Waals surface area contributed by atoms with Gasteiger partial charge >= 0.3 is 0 Å². The highest BCUT2D eigenvalue weighted by molar-refractivity contribution is 4.61. The van der Waals surface area contributed by atoms with Gasteiger partial charge in [0.2, 0.25) is 0 Å². The van der Waals surface area contributed by atoms with Crippen LogP contribution in [0.2, 0.25) is 0 Å². The summed E-state index contributed by atoms with van der Waals surface area (Å²) < 4.78 is 0. The molecular weight excluding hydrogens is 228 g/mol. The predicted octanol–water partition coefficient (Wildman–Crippen LogP) is 7.33. The van der Waals surface area contributed by atoms with Gasteiger partial charge in [0.15, 0.2) is 0 Å². The van der Waals surface area contributed by atoms with Crippen LogP contribution >= 0.6 is 0 Å². The number of unbranched alkanes of at least 4 members (excludes halogenated alkanes) is 11. The molecule has 0 aliphatic rings. The molecule has 0 nitrogen and oxygen atoms in total. The monoisotopic (exact) mass is 267 g/mol. The van der Waals surface area contributed by atoms with Gasteiger partial charge in [-0.15, -0.1) is 0 Å². The van der Waals surface area contributed by atoms with Crippen molar-refractivity contribution in [2.24, 2.45) is 5.92 Å². The molecule has 0 saturated heterocycles. The molecule has 0 amide bonds. The van der Waals surface area contributed by atoms with Crippen molar-refractivity contribution >= 4 is 0 Å².